The van der Waals surface area contributed by atoms with Crippen LogP contribution in [0.2, 0.25) is 10.0 Å². The summed E-state index contributed by atoms with van der Waals surface area (Å²) in [7, 11) is -1.05. The molecule has 0 spiro atoms. The van der Waals surface area contributed by atoms with E-state index in [0.29, 0.717) is 28.1 Å². The molecule has 2 N–H and O–H groups in total. The number of nitrogens with one attached hydrogen (secondary N) is 1. The van der Waals surface area contributed by atoms with Gasteiger partial charge in [0.05, 0.1) is 30.4 Å². The lowest BCUT2D eigenvalue weighted by Crippen LogP contribution is -2.45. The van der Waals surface area contributed by atoms with Gasteiger partial charge in [-0.25, -0.2) is 13.1 Å². The monoisotopic (exact) mass is 518 g/mol. The molecular formula is C22H28Cl2N2O6S. The molecule has 0 bridgehead atoms. The van der Waals surface area contributed by atoms with Gasteiger partial charge in [0, 0.05) is 38.3 Å². The number of ether oxygens (including phenoxy) is 3. The zero-order chi connectivity index (χ0) is 24.0. The highest BCUT2D eigenvalue weighted by Crippen LogP contribution is 2.29. The van der Waals surface area contributed by atoms with E-state index in [1.54, 1.807) is 24.3 Å². The fourth-order valence-electron chi connectivity index (χ4n) is 3.59. The van der Waals surface area contributed by atoms with Crippen molar-refractivity contribution in [3.63, 3.8) is 0 Å². The Kier molecular flexibility index (Phi) is 9.09. The van der Waals surface area contributed by atoms with E-state index in [1.165, 1.54) is 26.4 Å². The van der Waals surface area contributed by atoms with Gasteiger partial charge in [-0.2, -0.15) is 0 Å². The highest BCUT2D eigenvalue weighted by atomic mass is 35.5. The fraction of sp³-hybridized carbons (Fsp3) is 0.455. The van der Waals surface area contributed by atoms with Gasteiger partial charge in [-0.3, -0.25) is 0 Å². The standard InChI is InChI=1S/C22H28Cl2N2O6S/c1-30-17-4-6-21(31-2)22(12-17)33(28,29)25-13-15(27)14-26-9-7-16(8-10-26)32-18-3-5-19(23)20(24)11-18/h3-6,11-12,15-16,25,27H,7-10,13-14H2,1-2H3. The number of nitrogens with zero attached hydrogens (tertiary/aromatic N) is 1. The summed E-state index contributed by atoms with van der Waals surface area (Å²) in [5, 5.41) is 11.3. The normalized spacial score (nSPS) is 16.4. The van der Waals surface area contributed by atoms with Crippen molar-refractivity contribution in [3.8, 4) is 17.2 Å². The van der Waals surface area contributed by atoms with Crippen molar-refractivity contribution in [2.24, 2.45) is 0 Å². The number of piperidine rings is 1. The van der Waals surface area contributed by atoms with Crippen LogP contribution < -0.4 is 18.9 Å². The predicted molar refractivity (Wildman–Crippen MR) is 127 cm³/mol. The summed E-state index contributed by atoms with van der Waals surface area (Å²) in [5.74, 6) is 1.26. The molecule has 1 aliphatic rings. The summed E-state index contributed by atoms with van der Waals surface area (Å²) in [6.07, 6.45) is 0.720. The molecule has 33 heavy (non-hydrogen) atoms. The minimum absolute atomic E-state index is 0.0367. The van der Waals surface area contributed by atoms with Crippen molar-refractivity contribution in [1.29, 1.82) is 0 Å². The summed E-state index contributed by atoms with van der Waals surface area (Å²) in [4.78, 5) is 2.04. The van der Waals surface area contributed by atoms with Gasteiger partial charge in [0.15, 0.2) is 0 Å². The number of aliphatic hydroxyl groups excluding tert-OH is 1. The first-order valence-corrected chi connectivity index (χ1v) is 12.7. The van der Waals surface area contributed by atoms with E-state index in [0.717, 1.165) is 25.9 Å². The van der Waals surface area contributed by atoms with Crippen LogP contribution in [0.3, 0.4) is 0 Å². The molecule has 2 aromatic rings. The zero-order valence-electron chi connectivity index (χ0n) is 18.5. The Morgan fingerprint density at radius 3 is 2.39 bits per heavy atom. The van der Waals surface area contributed by atoms with Gasteiger partial charge < -0.3 is 24.2 Å². The zero-order valence-corrected chi connectivity index (χ0v) is 20.8. The number of halogens is 2. The lowest BCUT2D eigenvalue weighted by atomic mass is 10.1. The molecule has 0 aromatic heterocycles. The van der Waals surface area contributed by atoms with E-state index in [1.807, 2.05) is 0 Å². The van der Waals surface area contributed by atoms with E-state index in [4.69, 9.17) is 37.4 Å². The molecule has 1 saturated heterocycles. The largest absolute Gasteiger partial charge is 0.497 e. The van der Waals surface area contributed by atoms with Crippen LogP contribution in [0.4, 0.5) is 0 Å². The van der Waals surface area contributed by atoms with Gasteiger partial charge in [0.25, 0.3) is 0 Å². The maximum atomic E-state index is 12.7. The molecule has 8 nitrogen and oxygen atoms in total. The molecule has 1 fully saturated rings. The maximum Gasteiger partial charge on any atom is 0.244 e. The first-order valence-electron chi connectivity index (χ1n) is 10.5. The number of β-amino-alcohol motifs (C(OH)–C–C–N with tert-alkyl or cyclic N) is 1. The summed E-state index contributed by atoms with van der Waals surface area (Å²) < 4.78 is 44.2. The molecule has 0 saturated carbocycles. The molecule has 0 aliphatic carbocycles. The van der Waals surface area contributed by atoms with E-state index < -0.39 is 16.1 Å². The highest BCUT2D eigenvalue weighted by molar-refractivity contribution is 7.89. The van der Waals surface area contributed by atoms with Crippen molar-refractivity contribution < 1.29 is 27.7 Å². The molecule has 1 unspecified atom stereocenters. The molecule has 1 heterocycles. The number of rotatable bonds is 10. The molecule has 0 amide bonds. The summed E-state index contributed by atoms with van der Waals surface area (Å²) in [6, 6.07) is 9.70. The van der Waals surface area contributed by atoms with Crippen LogP contribution in [0.25, 0.3) is 0 Å². The second kappa shape index (κ2) is 11.6. The van der Waals surface area contributed by atoms with Crippen molar-refractivity contribution >= 4 is 33.2 Å². The molecule has 182 valence electrons. The highest BCUT2D eigenvalue weighted by Gasteiger charge is 2.25. The first kappa shape index (κ1) is 25.9. The van der Waals surface area contributed by atoms with Crippen LogP contribution in [0.15, 0.2) is 41.3 Å². The Hall–Kier alpha value is -1.75. The third kappa shape index (κ3) is 7.11. The van der Waals surface area contributed by atoms with E-state index >= 15 is 0 Å². The lowest BCUT2D eigenvalue weighted by molar-refractivity contribution is 0.0630. The lowest BCUT2D eigenvalue weighted by Gasteiger charge is -2.33. The minimum Gasteiger partial charge on any atom is -0.497 e. The average molecular weight is 519 g/mol. The second-order valence-electron chi connectivity index (χ2n) is 7.72. The topological polar surface area (TPSA) is 97.3 Å². The maximum absolute atomic E-state index is 12.7. The second-order valence-corrected chi connectivity index (χ2v) is 10.3. The molecule has 11 heteroatoms. The molecule has 0 radical (unpaired) electrons. The number of methoxy groups -OCH3 is 2. The van der Waals surface area contributed by atoms with Gasteiger partial charge >= 0.3 is 0 Å². The number of likely N-dealkylation sites (tertiary alicyclic amines) is 1. The SMILES string of the molecule is COc1ccc(OC)c(S(=O)(=O)NCC(O)CN2CCC(Oc3ccc(Cl)c(Cl)c3)CC2)c1. The van der Waals surface area contributed by atoms with Crippen LogP contribution in [0.5, 0.6) is 17.2 Å². The Labute approximate surface area is 204 Å². The van der Waals surface area contributed by atoms with E-state index in [2.05, 4.69) is 9.62 Å². The minimum atomic E-state index is -3.90. The van der Waals surface area contributed by atoms with Gasteiger partial charge in [-0.1, -0.05) is 23.2 Å². The van der Waals surface area contributed by atoms with Gasteiger partial charge in [0.1, 0.15) is 28.2 Å². The van der Waals surface area contributed by atoms with Gasteiger partial charge in [-0.15, -0.1) is 0 Å². The Balaban J connectivity index is 1.48. The fourth-order valence-corrected chi connectivity index (χ4v) is 5.14. The van der Waals surface area contributed by atoms with Crippen LogP contribution >= 0.6 is 23.2 Å². The first-order chi connectivity index (χ1) is 15.7. The summed E-state index contributed by atoms with van der Waals surface area (Å²) in [5.41, 5.74) is 0. The van der Waals surface area contributed by atoms with Crippen LogP contribution in [-0.4, -0.2) is 71.0 Å². The van der Waals surface area contributed by atoms with Crippen molar-refractivity contribution in [3.05, 3.63) is 46.4 Å². The van der Waals surface area contributed by atoms with Gasteiger partial charge in [0.2, 0.25) is 10.0 Å². The molecule has 2 aromatic carbocycles. The Morgan fingerprint density at radius 1 is 1.06 bits per heavy atom. The molecule has 1 atom stereocenters. The molecule has 3 rings (SSSR count). The summed E-state index contributed by atoms with van der Waals surface area (Å²) in [6.45, 7) is 1.67. The van der Waals surface area contributed by atoms with E-state index in [9.17, 15) is 13.5 Å². The summed E-state index contributed by atoms with van der Waals surface area (Å²) >= 11 is 12.0. The van der Waals surface area contributed by atoms with E-state index in [-0.39, 0.29) is 23.3 Å². The quantitative estimate of drug-likeness (QED) is 0.498. The number of sulfonamides is 1. The number of hydrogen-bond acceptors (Lipinski definition) is 7. The van der Waals surface area contributed by atoms with Crippen molar-refractivity contribution in [2.45, 2.75) is 29.9 Å². The third-order valence-corrected chi connectivity index (χ3v) is 7.55. The van der Waals surface area contributed by atoms with Crippen LogP contribution in [0, 0.1) is 0 Å². The number of hydrogen-bond donors (Lipinski definition) is 2. The average Bonchev–Trinajstić information content (AvgIpc) is 2.81. The number of aliphatic hydroxyl groups is 1. The van der Waals surface area contributed by atoms with Gasteiger partial charge in [-0.05, 0) is 37.1 Å². The van der Waals surface area contributed by atoms with Crippen molar-refractivity contribution in [2.75, 3.05) is 40.4 Å². The van der Waals surface area contributed by atoms with Crippen LogP contribution in [0.1, 0.15) is 12.8 Å². The Bertz CT molecular complexity index is 1050. The number of benzene rings is 2. The molecule has 1 aliphatic heterocycles. The smallest absolute Gasteiger partial charge is 0.244 e. The Morgan fingerprint density at radius 2 is 1.76 bits per heavy atom. The molecular weight excluding hydrogens is 491 g/mol. The third-order valence-electron chi connectivity index (χ3n) is 5.37. The van der Waals surface area contributed by atoms with Crippen molar-refractivity contribution in [1.82, 2.24) is 9.62 Å². The predicted octanol–water partition coefficient (Wildman–Crippen LogP) is 3.19. The van der Waals surface area contributed by atoms with Crippen LogP contribution in [-0.2, 0) is 10.0 Å².